The van der Waals surface area contributed by atoms with Gasteiger partial charge >= 0.3 is 0 Å². The molecular formula is C44H55BrF2N4O9. The van der Waals surface area contributed by atoms with Crippen LogP contribution in [0, 0.1) is 28.1 Å². The zero-order valence-electron chi connectivity index (χ0n) is 33.9. The molecule has 1 saturated heterocycles. The van der Waals surface area contributed by atoms with Crippen LogP contribution in [-0.4, -0.2) is 106 Å². The van der Waals surface area contributed by atoms with Gasteiger partial charge in [0.25, 0.3) is 0 Å². The summed E-state index contributed by atoms with van der Waals surface area (Å²) in [6.07, 6.45) is 3.23. The van der Waals surface area contributed by atoms with Crippen LogP contribution in [0.25, 0.3) is 0 Å². The summed E-state index contributed by atoms with van der Waals surface area (Å²) in [4.78, 5) is 63.6. The van der Waals surface area contributed by atoms with Gasteiger partial charge in [-0.15, -0.1) is 0 Å². The zero-order chi connectivity index (χ0) is 43.0. The summed E-state index contributed by atoms with van der Waals surface area (Å²) in [5, 5.41) is 30.6. The summed E-state index contributed by atoms with van der Waals surface area (Å²) in [6, 6.07) is 6.96. The van der Waals surface area contributed by atoms with Gasteiger partial charge in [-0.2, -0.15) is 0 Å². The number of unbranched alkanes of at least 4 members (excludes halogenated alkanes) is 1. The second-order valence-electron chi connectivity index (χ2n) is 19.0. The molecule has 0 unspecified atom stereocenters. The quantitative estimate of drug-likeness (QED) is 0.112. The molecule has 6 saturated carbocycles. The number of fused-ring (bicyclic) bond motifs is 7. The van der Waals surface area contributed by atoms with Gasteiger partial charge in [-0.25, -0.2) is 8.78 Å². The number of aliphatic hydroxyl groups excluding tert-OH is 2. The summed E-state index contributed by atoms with van der Waals surface area (Å²) in [6.45, 7) is 2.67. The third-order valence-corrected chi connectivity index (χ3v) is 16.0. The van der Waals surface area contributed by atoms with Gasteiger partial charge in [-0.1, -0.05) is 53.2 Å². The van der Waals surface area contributed by atoms with Crippen molar-refractivity contribution < 1.29 is 52.4 Å². The molecule has 11 atom stereocenters. The van der Waals surface area contributed by atoms with Crippen LogP contribution < -0.4 is 21.7 Å². The number of hydrogen-bond acceptors (Lipinski definition) is 10. The number of nitrogens with two attached hydrogens (primary N) is 1. The molecule has 7 N–H and O–H groups in total. The number of allylic oxidation sites excluding steroid dienone is 4. The number of carbonyl (C=O) groups is 5. The van der Waals surface area contributed by atoms with E-state index < -0.39 is 88.7 Å². The Bertz CT molecular complexity index is 2000. The van der Waals surface area contributed by atoms with E-state index in [-0.39, 0.29) is 59.5 Å². The van der Waals surface area contributed by atoms with Crippen molar-refractivity contribution >= 4 is 45.2 Å². The van der Waals surface area contributed by atoms with E-state index in [0.717, 1.165) is 37.3 Å². The van der Waals surface area contributed by atoms with Crippen LogP contribution in [0.4, 0.5) is 8.78 Å². The SMILES string of the molecule is C[C@]12C=CC(=O)C=C1[C@@H](F)C[C@H]1[C@@H]3C[C@H]4O[C@@H](c5ccc(CC67CC(NC(=O)[C@H](CCCCN)NC(=O)CNC(=O)CBr)(C6)C7)cc5)O[C@@]4(C(=O)CO)[C@@]3(C)C[C@H](O)[C@@]12F. The Morgan fingerprint density at radius 2 is 1.77 bits per heavy atom. The minimum Gasteiger partial charge on any atom is -0.390 e. The van der Waals surface area contributed by atoms with Crippen LogP contribution in [0.15, 0.2) is 48.1 Å². The summed E-state index contributed by atoms with van der Waals surface area (Å²) in [7, 11) is 0. The van der Waals surface area contributed by atoms with Crippen molar-refractivity contribution in [3.8, 4) is 0 Å². The first-order valence-electron chi connectivity index (χ1n) is 21.1. The second-order valence-corrected chi connectivity index (χ2v) is 19.6. The predicted octanol–water partition coefficient (Wildman–Crippen LogP) is 3.04. The maximum atomic E-state index is 17.7. The van der Waals surface area contributed by atoms with E-state index in [1.165, 1.54) is 19.1 Å². The number of Topliss-reactive ketones (excluding diaryl/α,β-unsaturated/α-hetero) is 1. The number of alkyl halides is 3. The van der Waals surface area contributed by atoms with E-state index in [9.17, 15) is 34.2 Å². The first kappa shape index (κ1) is 43.2. The molecule has 7 fully saturated rings. The highest BCUT2D eigenvalue weighted by Gasteiger charge is 2.80. The van der Waals surface area contributed by atoms with Crippen LogP contribution in [0.5, 0.6) is 0 Å². The predicted molar refractivity (Wildman–Crippen MR) is 216 cm³/mol. The summed E-state index contributed by atoms with van der Waals surface area (Å²) >= 11 is 3.04. The summed E-state index contributed by atoms with van der Waals surface area (Å²) in [5.41, 5.74) is 0.231. The lowest BCUT2D eigenvalue weighted by Crippen LogP contribution is -2.76. The van der Waals surface area contributed by atoms with Crippen LogP contribution in [0.1, 0.15) is 89.1 Å². The van der Waals surface area contributed by atoms with Gasteiger partial charge in [0.2, 0.25) is 17.7 Å². The van der Waals surface area contributed by atoms with E-state index in [1.807, 2.05) is 24.3 Å². The van der Waals surface area contributed by atoms with Crippen molar-refractivity contribution in [2.75, 3.05) is 25.0 Å². The van der Waals surface area contributed by atoms with E-state index in [4.69, 9.17) is 15.2 Å². The molecule has 1 aromatic rings. The fourth-order valence-corrected chi connectivity index (χ4v) is 13.0. The maximum Gasteiger partial charge on any atom is 0.243 e. The zero-order valence-corrected chi connectivity index (χ0v) is 35.5. The van der Waals surface area contributed by atoms with Gasteiger partial charge in [-0.3, -0.25) is 24.0 Å². The van der Waals surface area contributed by atoms with Crippen molar-refractivity contribution in [3.63, 3.8) is 0 Å². The van der Waals surface area contributed by atoms with E-state index >= 15 is 8.78 Å². The third-order valence-electron chi connectivity index (χ3n) is 15.5. The molecule has 0 aromatic heterocycles. The Labute approximate surface area is 356 Å². The number of ether oxygens (including phenoxy) is 2. The normalized spacial score (nSPS) is 41.0. The lowest BCUT2D eigenvalue weighted by Gasteiger charge is -2.71. The molecular weight excluding hydrogens is 846 g/mol. The van der Waals surface area contributed by atoms with Gasteiger partial charge in [0, 0.05) is 27.9 Å². The molecule has 0 radical (unpaired) electrons. The van der Waals surface area contributed by atoms with Crippen LogP contribution in [0.2, 0.25) is 0 Å². The highest BCUT2D eigenvalue weighted by atomic mass is 79.9. The molecule has 8 aliphatic rings. The van der Waals surface area contributed by atoms with Crippen LogP contribution in [-0.2, 0) is 39.9 Å². The molecule has 16 heteroatoms. The largest absolute Gasteiger partial charge is 0.390 e. The van der Waals surface area contributed by atoms with Crippen LogP contribution >= 0.6 is 15.9 Å². The first-order chi connectivity index (χ1) is 28.4. The Balaban J connectivity index is 0.917. The van der Waals surface area contributed by atoms with Gasteiger partial charge in [-0.05, 0) is 112 Å². The van der Waals surface area contributed by atoms with Crippen molar-refractivity contribution in [2.24, 2.45) is 33.8 Å². The van der Waals surface area contributed by atoms with Gasteiger partial charge in [0.1, 0.15) is 18.8 Å². The Hall–Kier alpha value is -3.41. The number of amides is 3. The lowest BCUT2D eigenvalue weighted by molar-refractivity contribution is -0.235. The number of benzene rings is 1. The average Bonchev–Trinajstić information content (AvgIpc) is 3.70. The number of hydrogen-bond donors (Lipinski definition) is 6. The summed E-state index contributed by atoms with van der Waals surface area (Å²) < 4.78 is 46.8. The monoisotopic (exact) mass is 900 g/mol. The highest BCUT2D eigenvalue weighted by molar-refractivity contribution is 9.09. The standard InChI is InChI=1S/C44H55BrF2N4O9/c1-39-11-10-26(53)13-29(39)30(46)14-28-27-15-34-44(33(55)20-52,40(27,2)17-32(54)43(28,39)47)60-38(59-34)25-8-6-24(7-9-25)16-41-21-42(22-41,23-41)51-37(58)31(5-3-4-12-48)50-36(57)19-49-35(56)18-45/h6-11,13,27-28,30-32,34,38,52,54H,3-5,12,14-23,48H2,1-2H3,(H,49,56)(H,50,57)(H,51,58)/t27-,28-,30-,31-,32-,34+,38+,39-,40-,41?,42?,43-,44+/m0/s1. The van der Waals surface area contributed by atoms with Gasteiger partial charge in [0.05, 0.1) is 24.1 Å². The number of nitrogens with one attached hydrogen (secondary N) is 3. The van der Waals surface area contributed by atoms with E-state index in [2.05, 4.69) is 31.9 Å². The van der Waals surface area contributed by atoms with Gasteiger partial charge < -0.3 is 41.4 Å². The fourth-order valence-electron chi connectivity index (χ4n) is 12.8. The number of carbonyl (C=O) groups excluding carboxylic acids is 5. The molecule has 0 spiro atoms. The van der Waals surface area contributed by atoms with Crippen molar-refractivity contribution in [1.82, 2.24) is 16.0 Å². The van der Waals surface area contributed by atoms with Crippen LogP contribution in [0.3, 0.4) is 0 Å². The van der Waals surface area contributed by atoms with E-state index in [1.54, 1.807) is 6.92 Å². The minimum atomic E-state index is -2.33. The third kappa shape index (κ3) is 6.56. The molecule has 60 heavy (non-hydrogen) atoms. The van der Waals surface area contributed by atoms with E-state index in [0.29, 0.717) is 31.4 Å². The van der Waals surface area contributed by atoms with Crippen molar-refractivity contribution in [1.29, 1.82) is 0 Å². The maximum absolute atomic E-state index is 17.7. The number of rotatable bonds is 15. The molecule has 13 nitrogen and oxygen atoms in total. The Morgan fingerprint density at radius 3 is 2.43 bits per heavy atom. The molecule has 1 heterocycles. The molecule has 1 aliphatic heterocycles. The number of ketones is 2. The minimum absolute atomic E-state index is 0.0169. The highest BCUT2D eigenvalue weighted by Crippen LogP contribution is 2.73. The number of aliphatic hydroxyl groups is 2. The number of halogens is 3. The Morgan fingerprint density at radius 1 is 1.05 bits per heavy atom. The Kier molecular flexibility index (Phi) is 11.1. The molecule has 2 bridgehead atoms. The average molecular weight is 902 g/mol. The second kappa shape index (κ2) is 15.4. The smallest absolute Gasteiger partial charge is 0.243 e. The molecule has 3 amide bonds. The molecule has 7 aliphatic carbocycles. The molecule has 326 valence electrons. The van der Waals surface area contributed by atoms with Crippen molar-refractivity contribution in [3.05, 3.63) is 59.2 Å². The first-order valence-corrected chi connectivity index (χ1v) is 22.2. The molecule has 1 aromatic carbocycles. The van der Waals surface area contributed by atoms with Crippen molar-refractivity contribution in [2.45, 2.75) is 126 Å². The fraction of sp³-hybridized carbons (Fsp3) is 0.659. The van der Waals surface area contributed by atoms with Gasteiger partial charge in [0.15, 0.2) is 29.1 Å². The summed E-state index contributed by atoms with van der Waals surface area (Å²) in [5.74, 6) is -3.76. The molecule has 9 rings (SSSR count). The lowest BCUT2D eigenvalue weighted by atomic mass is 9.38. The topological polar surface area (TPSA) is 206 Å².